The largest absolute Gasteiger partial charge is 0.372 e. The van der Waals surface area contributed by atoms with Gasteiger partial charge in [-0.25, -0.2) is 0 Å². The average Bonchev–Trinajstić information content (AvgIpc) is 2.55. The molecule has 1 N–H and O–H groups in total. The molecule has 2 aromatic rings. The first-order valence-corrected chi connectivity index (χ1v) is 7.25. The lowest BCUT2D eigenvalue weighted by Crippen LogP contribution is -2.31. The van der Waals surface area contributed by atoms with Crippen LogP contribution in [0.15, 0.2) is 60.7 Å². The van der Waals surface area contributed by atoms with Gasteiger partial charge in [0.1, 0.15) is 6.61 Å². The minimum atomic E-state index is -0.0753. The van der Waals surface area contributed by atoms with Crippen LogP contribution in [0.1, 0.15) is 24.0 Å². The van der Waals surface area contributed by atoms with E-state index in [9.17, 15) is 4.79 Å². The highest BCUT2D eigenvalue weighted by atomic mass is 16.5. The molecule has 0 saturated heterocycles. The highest BCUT2D eigenvalue weighted by Crippen LogP contribution is 2.23. The number of carbonyl (C=O) groups is 1. The van der Waals surface area contributed by atoms with Crippen molar-refractivity contribution < 1.29 is 9.53 Å². The molecule has 3 heteroatoms. The van der Waals surface area contributed by atoms with Gasteiger partial charge in [-0.15, -0.1) is 0 Å². The second-order valence-electron chi connectivity index (χ2n) is 4.82. The number of amides is 1. The molecule has 0 aliphatic carbocycles. The van der Waals surface area contributed by atoms with Crippen LogP contribution in [0.2, 0.25) is 0 Å². The summed E-state index contributed by atoms with van der Waals surface area (Å²) in [6.45, 7) is 3.12. The second kappa shape index (κ2) is 8.22. The first-order valence-electron chi connectivity index (χ1n) is 7.25. The Labute approximate surface area is 126 Å². The molecular formula is C18H21NO2. The van der Waals surface area contributed by atoms with Gasteiger partial charge in [0.25, 0.3) is 0 Å². The summed E-state index contributed by atoms with van der Waals surface area (Å²) in [5, 5.41) is 2.95. The number of nitrogens with one attached hydrogen (secondary N) is 1. The monoisotopic (exact) mass is 283 g/mol. The zero-order valence-corrected chi connectivity index (χ0v) is 12.3. The van der Waals surface area contributed by atoms with Gasteiger partial charge < -0.3 is 10.1 Å². The van der Waals surface area contributed by atoms with E-state index in [4.69, 9.17) is 4.74 Å². The Balaban J connectivity index is 2.09. The lowest BCUT2D eigenvalue weighted by atomic mass is 9.91. The molecule has 2 aromatic carbocycles. The predicted molar refractivity (Wildman–Crippen MR) is 84.2 cm³/mol. The SMILES string of the molecule is CCOCC(=O)NCC(c1ccccc1)c1ccccc1. The van der Waals surface area contributed by atoms with Crippen LogP contribution >= 0.6 is 0 Å². The minimum absolute atomic E-state index is 0.0753. The van der Waals surface area contributed by atoms with Crippen molar-refractivity contribution in [2.24, 2.45) is 0 Å². The van der Waals surface area contributed by atoms with Crippen LogP contribution in [0.25, 0.3) is 0 Å². The van der Waals surface area contributed by atoms with Crippen molar-refractivity contribution in [3.05, 3.63) is 71.8 Å². The number of carbonyl (C=O) groups excluding carboxylic acids is 1. The van der Waals surface area contributed by atoms with E-state index in [0.29, 0.717) is 13.2 Å². The third-order valence-electron chi connectivity index (χ3n) is 3.34. The minimum Gasteiger partial charge on any atom is -0.372 e. The lowest BCUT2D eigenvalue weighted by molar-refractivity contribution is -0.125. The second-order valence-corrected chi connectivity index (χ2v) is 4.82. The summed E-state index contributed by atoms with van der Waals surface area (Å²) >= 11 is 0. The van der Waals surface area contributed by atoms with Crippen molar-refractivity contribution in [3.63, 3.8) is 0 Å². The van der Waals surface area contributed by atoms with Crippen LogP contribution in [0.3, 0.4) is 0 Å². The topological polar surface area (TPSA) is 38.3 Å². The molecule has 0 aliphatic rings. The molecule has 0 unspecified atom stereocenters. The molecule has 0 fully saturated rings. The quantitative estimate of drug-likeness (QED) is 0.848. The van der Waals surface area contributed by atoms with Gasteiger partial charge in [-0.1, -0.05) is 60.7 Å². The van der Waals surface area contributed by atoms with E-state index in [2.05, 4.69) is 29.6 Å². The van der Waals surface area contributed by atoms with Gasteiger partial charge in [0, 0.05) is 19.1 Å². The van der Waals surface area contributed by atoms with E-state index in [-0.39, 0.29) is 18.4 Å². The molecule has 0 aromatic heterocycles. The molecule has 1 amide bonds. The number of rotatable bonds is 7. The fourth-order valence-electron chi connectivity index (χ4n) is 2.26. The fourth-order valence-corrected chi connectivity index (χ4v) is 2.26. The molecule has 0 heterocycles. The Morgan fingerprint density at radius 1 is 1.00 bits per heavy atom. The van der Waals surface area contributed by atoms with E-state index in [1.807, 2.05) is 43.3 Å². The molecule has 0 aliphatic heterocycles. The molecule has 0 radical (unpaired) electrons. The van der Waals surface area contributed by atoms with Gasteiger partial charge in [0.05, 0.1) is 0 Å². The summed E-state index contributed by atoms with van der Waals surface area (Å²) in [7, 11) is 0. The Hall–Kier alpha value is -2.13. The van der Waals surface area contributed by atoms with Crippen molar-refractivity contribution in [2.75, 3.05) is 19.8 Å². The first kappa shape index (κ1) is 15.3. The predicted octanol–water partition coefficient (Wildman–Crippen LogP) is 2.97. The number of hydrogen-bond donors (Lipinski definition) is 1. The fraction of sp³-hybridized carbons (Fsp3) is 0.278. The molecule has 0 bridgehead atoms. The van der Waals surface area contributed by atoms with Crippen LogP contribution in [-0.2, 0) is 9.53 Å². The zero-order chi connectivity index (χ0) is 14.9. The number of ether oxygens (including phenoxy) is 1. The molecule has 0 saturated carbocycles. The van der Waals surface area contributed by atoms with E-state index in [1.165, 1.54) is 11.1 Å². The number of hydrogen-bond acceptors (Lipinski definition) is 2. The molecule has 21 heavy (non-hydrogen) atoms. The van der Waals surface area contributed by atoms with Crippen molar-refractivity contribution in [3.8, 4) is 0 Å². The maximum Gasteiger partial charge on any atom is 0.246 e. The van der Waals surface area contributed by atoms with Gasteiger partial charge in [0.2, 0.25) is 5.91 Å². The summed E-state index contributed by atoms with van der Waals surface area (Å²) in [6.07, 6.45) is 0. The summed E-state index contributed by atoms with van der Waals surface area (Å²) in [5.74, 6) is 0.0756. The zero-order valence-electron chi connectivity index (χ0n) is 12.3. The van der Waals surface area contributed by atoms with Crippen LogP contribution in [0.4, 0.5) is 0 Å². The van der Waals surface area contributed by atoms with Gasteiger partial charge in [-0.05, 0) is 18.1 Å². The summed E-state index contributed by atoms with van der Waals surface area (Å²) < 4.78 is 5.13. The molecular weight excluding hydrogens is 262 g/mol. The third-order valence-corrected chi connectivity index (χ3v) is 3.34. The first-order chi connectivity index (χ1) is 10.3. The van der Waals surface area contributed by atoms with Gasteiger partial charge >= 0.3 is 0 Å². The molecule has 0 atom stereocenters. The van der Waals surface area contributed by atoms with Crippen LogP contribution < -0.4 is 5.32 Å². The molecule has 110 valence electrons. The van der Waals surface area contributed by atoms with Crippen LogP contribution in [0.5, 0.6) is 0 Å². The average molecular weight is 283 g/mol. The Bertz CT molecular complexity index is 500. The maximum atomic E-state index is 11.7. The van der Waals surface area contributed by atoms with Crippen LogP contribution in [0, 0.1) is 0 Å². The number of benzene rings is 2. The van der Waals surface area contributed by atoms with Gasteiger partial charge in [-0.3, -0.25) is 4.79 Å². The summed E-state index contributed by atoms with van der Waals surface area (Å²) in [6, 6.07) is 20.4. The maximum absolute atomic E-state index is 11.7. The molecule has 0 spiro atoms. The standard InChI is InChI=1S/C18H21NO2/c1-2-21-14-18(20)19-13-17(15-9-5-3-6-10-15)16-11-7-4-8-12-16/h3-12,17H,2,13-14H2,1H3,(H,19,20). The van der Waals surface area contributed by atoms with Crippen molar-refractivity contribution in [2.45, 2.75) is 12.8 Å². The normalized spacial score (nSPS) is 10.6. The Morgan fingerprint density at radius 2 is 1.52 bits per heavy atom. The third kappa shape index (κ3) is 4.72. The molecule has 3 nitrogen and oxygen atoms in total. The van der Waals surface area contributed by atoms with Gasteiger partial charge in [-0.2, -0.15) is 0 Å². The van der Waals surface area contributed by atoms with Crippen molar-refractivity contribution in [1.29, 1.82) is 0 Å². The Kier molecular flexibility index (Phi) is 5.98. The van der Waals surface area contributed by atoms with E-state index < -0.39 is 0 Å². The van der Waals surface area contributed by atoms with E-state index in [1.54, 1.807) is 0 Å². The lowest BCUT2D eigenvalue weighted by Gasteiger charge is -2.18. The summed E-state index contributed by atoms with van der Waals surface area (Å²) in [5.41, 5.74) is 2.39. The summed E-state index contributed by atoms with van der Waals surface area (Å²) in [4.78, 5) is 11.7. The Morgan fingerprint density at radius 3 is 2.00 bits per heavy atom. The highest BCUT2D eigenvalue weighted by molar-refractivity contribution is 5.77. The van der Waals surface area contributed by atoms with Crippen molar-refractivity contribution in [1.82, 2.24) is 5.32 Å². The van der Waals surface area contributed by atoms with Crippen molar-refractivity contribution >= 4 is 5.91 Å². The van der Waals surface area contributed by atoms with Crippen LogP contribution in [-0.4, -0.2) is 25.7 Å². The smallest absolute Gasteiger partial charge is 0.246 e. The highest BCUT2D eigenvalue weighted by Gasteiger charge is 2.14. The van der Waals surface area contributed by atoms with E-state index >= 15 is 0 Å². The van der Waals surface area contributed by atoms with Gasteiger partial charge in [0.15, 0.2) is 0 Å². The van der Waals surface area contributed by atoms with E-state index in [0.717, 1.165) is 0 Å². The molecule has 2 rings (SSSR count).